The van der Waals surface area contributed by atoms with Crippen molar-refractivity contribution >= 4 is 23.4 Å². The number of alkyl halides is 3. The smallest absolute Gasteiger partial charge is 0.417 e. The summed E-state index contributed by atoms with van der Waals surface area (Å²) in [5, 5.41) is 3.46. The van der Waals surface area contributed by atoms with Crippen molar-refractivity contribution in [3.63, 3.8) is 0 Å². The van der Waals surface area contributed by atoms with Crippen LogP contribution in [0.2, 0.25) is 5.02 Å². The molecule has 1 fully saturated rings. The lowest BCUT2D eigenvalue weighted by atomic mass is 9.74. The summed E-state index contributed by atoms with van der Waals surface area (Å²) in [6, 6.07) is 9.88. The number of carbonyl (C=O) groups excluding carboxylic acids is 2. The van der Waals surface area contributed by atoms with Crippen LogP contribution in [-0.4, -0.2) is 43.0 Å². The molecule has 2 aromatic carbocycles. The molecule has 0 aromatic heterocycles. The van der Waals surface area contributed by atoms with E-state index in [2.05, 4.69) is 5.32 Å². The monoisotopic (exact) mass is 508 g/mol. The Morgan fingerprint density at radius 3 is 2.51 bits per heavy atom. The lowest BCUT2D eigenvalue weighted by molar-refractivity contribution is -0.138. The third kappa shape index (κ3) is 5.92. The predicted molar refractivity (Wildman–Crippen MR) is 127 cm³/mol. The molecular formula is C26H28ClF3N2O3. The van der Waals surface area contributed by atoms with Crippen LogP contribution in [0.1, 0.15) is 64.8 Å². The first kappa shape index (κ1) is 25.4. The Labute approximate surface area is 207 Å². The maximum Gasteiger partial charge on any atom is 0.417 e. The van der Waals surface area contributed by atoms with Crippen LogP contribution in [0.15, 0.2) is 42.5 Å². The molecule has 9 heteroatoms. The van der Waals surface area contributed by atoms with E-state index in [1.165, 1.54) is 23.1 Å². The fourth-order valence-electron chi connectivity index (χ4n) is 4.92. The molecule has 0 radical (unpaired) electrons. The molecule has 2 aromatic rings. The lowest BCUT2D eigenvalue weighted by Gasteiger charge is -2.42. The second kappa shape index (κ2) is 10.5. The SMILES string of the molecule is O=C1NCC2(CCCCCOc3ccc(Cl)cc31)CCN(C(=O)c1ccccc1C(F)(F)F)CC2. The minimum atomic E-state index is -4.59. The van der Waals surface area contributed by atoms with E-state index in [9.17, 15) is 22.8 Å². The van der Waals surface area contributed by atoms with E-state index < -0.39 is 17.6 Å². The van der Waals surface area contributed by atoms with Crippen LogP contribution in [0, 0.1) is 5.41 Å². The number of amides is 2. The summed E-state index contributed by atoms with van der Waals surface area (Å²) in [7, 11) is 0. The van der Waals surface area contributed by atoms with Crippen molar-refractivity contribution in [2.45, 2.75) is 44.7 Å². The van der Waals surface area contributed by atoms with Gasteiger partial charge in [0.1, 0.15) is 5.75 Å². The zero-order valence-electron chi connectivity index (χ0n) is 19.3. The number of hydrogen-bond acceptors (Lipinski definition) is 3. The van der Waals surface area contributed by atoms with Gasteiger partial charge in [-0.1, -0.05) is 36.6 Å². The fourth-order valence-corrected chi connectivity index (χ4v) is 5.09. The molecular weight excluding hydrogens is 481 g/mol. The maximum atomic E-state index is 13.4. The predicted octanol–water partition coefficient (Wildman–Crippen LogP) is 5.96. The van der Waals surface area contributed by atoms with E-state index in [1.54, 1.807) is 18.2 Å². The molecule has 2 aliphatic rings. The summed E-state index contributed by atoms with van der Waals surface area (Å²) in [6.07, 6.45) is 0.218. The Morgan fingerprint density at radius 1 is 1.03 bits per heavy atom. The van der Waals surface area contributed by atoms with Crippen LogP contribution < -0.4 is 10.1 Å². The van der Waals surface area contributed by atoms with E-state index >= 15 is 0 Å². The average Bonchev–Trinajstić information content (AvgIpc) is 2.84. The Kier molecular flexibility index (Phi) is 7.59. The van der Waals surface area contributed by atoms with Crippen molar-refractivity contribution in [2.24, 2.45) is 5.41 Å². The molecule has 2 aliphatic heterocycles. The Hall–Kier alpha value is -2.74. The van der Waals surface area contributed by atoms with Gasteiger partial charge >= 0.3 is 6.18 Å². The molecule has 35 heavy (non-hydrogen) atoms. The van der Waals surface area contributed by atoms with Gasteiger partial charge in [0, 0.05) is 24.7 Å². The largest absolute Gasteiger partial charge is 0.493 e. The van der Waals surface area contributed by atoms with Crippen LogP contribution in [0.5, 0.6) is 5.75 Å². The number of rotatable bonds is 1. The van der Waals surface area contributed by atoms with E-state index in [1.807, 2.05) is 0 Å². The number of halogens is 4. The van der Waals surface area contributed by atoms with Gasteiger partial charge in [-0.15, -0.1) is 0 Å². The molecule has 2 amide bonds. The minimum Gasteiger partial charge on any atom is -0.493 e. The van der Waals surface area contributed by atoms with Gasteiger partial charge in [0.25, 0.3) is 11.8 Å². The standard InChI is InChI=1S/C26H28ClF3N2O3/c27-18-8-9-22-20(16-18)23(33)31-17-25(10-4-1-5-15-35-22)11-13-32(14-12-25)24(34)19-6-2-3-7-21(19)26(28,29)30/h2-3,6-9,16H,1,4-5,10-15,17H2,(H,31,33). The van der Waals surface area contributed by atoms with Gasteiger partial charge in [-0.2, -0.15) is 13.2 Å². The number of nitrogens with one attached hydrogen (secondary N) is 1. The molecule has 1 saturated heterocycles. The molecule has 1 N–H and O–H groups in total. The summed E-state index contributed by atoms with van der Waals surface area (Å²) >= 11 is 6.10. The van der Waals surface area contributed by atoms with Crippen molar-refractivity contribution in [1.82, 2.24) is 10.2 Å². The number of carbonyl (C=O) groups is 2. The number of likely N-dealkylation sites (tertiary alicyclic amines) is 1. The van der Waals surface area contributed by atoms with Crippen LogP contribution in [0.3, 0.4) is 0 Å². The lowest BCUT2D eigenvalue weighted by Crippen LogP contribution is -2.48. The molecule has 5 nitrogen and oxygen atoms in total. The van der Waals surface area contributed by atoms with Gasteiger partial charge in [0.2, 0.25) is 0 Å². The molecule has 1 spiro atoms. The highest BCUT2D eigenvalue weighted by Gasteiger charge is 2.39. The van der Waals surface area contributed by atoms with Gasteiger partial charge in [0.05, 0.1) is 23.3 Å². The first-order valence-electron chi connectivity index (χ1n) is 11.8. The average molecular weight is 509 g/mol. The minimum absolute atomic E-state index is 0.227. The Morgan fingerprint density at radius 2 is 1.77 bits per heavy atom. The number of nitrogens with zero attached hydrogens (tertiary/aromatic N) is 1. The van der Waals surface area contributed by atoms with Crippen molar-refractivity contribution < 1.29 is 27.5 Å². The summed E-state index contributed by atoms with van der Waals surface area (Å²) in [6.45, 7) is 1.59. The highest BCUT2D eigenvalue weighted by molar-refractivity contribution is 6.31. The van der Waals surface area contributed by atoms with Gasteiger partial charge < -0.3 is 15.0 Å². The van der Waals surface area contributed by atoms with Gasteiger partial charge in [-0.3, -0.25) is 9.59 Å². The highest BCUT2D eigenvalue weighted by atomic mass is 35.5. The van der Waals surface area contributed by atoms with Crippen molar-refractivity contribution in [2.75, 3.05) is 26.2 Å². The third-order valence-corrected chi connectivity index (χ3v) is 7.23. The third-order valence-electron chi connectivity index (χ3n) is 6.99. The van der Waals surface area contributed by atoms with Crippen LogP contribution in [-0.2, 0) is 6.18 Å². The normalized spacial score (nSPS) is 19.1. The number of fused-ring (bicyclic) bond motifs is 1. The first-order chi connectivity index (χ1) is 16.7. The topological polar surface area (TPSA) is 58.6 Å². The number of hydrogen-bond donors (Lipinski definition) is 1. The van der Waals surface area contributed by atoms with Crippen LogP contribution in [0.25, 0.3) is 0 Å². The summed E-state index contributed by atoms with van der Waals surface area (Å²) in [5.74, 6) is -0.393. The highest BCUT2D eigenvalue weighted by Crippen LogP contribution is 2.38. The quantitative estimate of drug-likeness (QED) is 0.517. The first-order valence-corrected chi connectivity index (χ1v) is 12.2. The zero-order chi connectivity index (χ0) is 25.1. The maximum absolute atomic E-state index is 13.4. The Balaban J connectivity index is 1.48. The molecule has 0 atom stereocenters. The van der Waals surface area contributed by atoms with Crippen LogP contribution in [0.4, 0.5) is 13.2 Å². The zero-order valence-corrected chi connectivity index (χ0v) is 20.1. The van der Waals surface area contributed by atoms with E-state index in [-0.39, 0.29) is 16.9 Å². The fraction of sp³-hybridized carbons (Fsp3) is 0.462. The van der Waals surface area contributed by atoms with Crippen molar-refractivity contribution in [3.8, 4) is 5.75 Å². The molecule has 0 saturated carbocycles. The number of benzene rings is 2. The second-order valence-corrected chi connectivity index (χ2v) is 9.75. The molecule has 2 heterocycles. The van der Waals surface area contributed by atoms with Gasteiger partial charge in [-0.25, -0.2) is 0 Å². The second-order valence-electron chi connectivity index (χ2n) is 9.32. The van der Waals surface area contributed by atoms with Crippen LogP contribution >= 0.6 is 11.6 Å². The van der Waals surface area contributed by atoms with Crippen molar-refractivity contribution in [3.05, 3.63) is 64.2 Å². The summed E-state index contributed by atoms with van der Waals surface area (Å²) in [4.78, 5) is 27.5. The number of piperidine rings is 1. The summed E-state index contributed by atoms with van der Waals surface area (Å²) < 4.78 is 46.0. The molecule has 188 valence electrons. The van der Waals surface area contributed by atoms with E-state index in [0.717, 1.165) is 31.7 Å². The number of ether oxygens (including phenoxy) is 1. The van der Waals surface area contributed by atoms with Gasteiger partial charge in [0.15, 0.2) is 0 Å². The molecule has 4 rings (SSSR count). The Bertz CT molecular complexity index is 1080. The molecule has 0 aliphatic carbocycles. The van der Waals surface area contributed by atoms with Crippen molar-refractivity contribution in [1.29, 1.82) is 0 Å². The molecule has 0 bridgehead atoms. The summed E-state index contributed by atoms with van der Waals surface area (Å²) in [5.41, 5.74) is -1.08. The van der Waals surface area contributed by atoms with E-state index in [4.69, 9.17) is 16.3 Å². The van der Waals surface area contributed by atoms with Gasteiger partial charge in [-0.05, 0) is 61.4 Å². The molecule has 0 unspecified atom stereocenters. The van der Waals surface area contributed by atoms with E-state index in [0.29, 0.717) is 55.4 Å².